The number of carbonyl (C=O) groups excluding carboxylic acids is 1. The van der Waals surface area contributed by atoms with Gasteiger partial charge in [0.15, 0.2) is 0 Å². The normalized spacial score (nSPS) is 16.3. The minimum Gasteiger partial charge on any atom is -0.596 e. The Morgan fingerprint density at radius 3 is 2.37 bits per heavy atom. The predicted molar refractivity (Wildman–Crippen MR) is 72.3 cm³/mol. The molecular weight excluding hydrogens is 265 g/mol. The fraction of sp³-hybridized carbons (Fsp3) is 0.923. The Bertz CT molecular complexity index is 280. The van der Waals surface area contributed by atoms with Crippen LogP contribution in [0, 0.1) is 0 Å². The lowest BCUT2D eigenvalue weighted by atomic mass is 10.1. The second-order valence-electron chi connectivity index (χ2n) is 4.99. The molecule has 0 aromatic rings. The molecule has 1 fully saturated rings. The zero-order valence-electron chi connectivity index (χ0n) is 11.5. The molecule has 1 atom stereocenters. The van der Waals surface area contributed by atoms with Crippen LogP contribution in [0.5, 0.6) is 0 Å². The van der Waals surface area contributed by atoms with E-state index in [2.05, 4.69) is 0 Å². The highest BCUT2D eigenvalue weighted by Gasteiger charge is 2.16. The predicted octanol–water partition coefficient (Wildman–Crippen LogP) is 2.66. The van der Waals surface area contributed by atoms with Crippen molar-refractivity contribution >= 4 is 14.1 Å². The van der Waals surface area contributed by atoms with E-state index in [1.807, 2.05) is 0 Å². The van der Waals surface area contributed by atoms with Crippen molar-refractivity contribution in [3.8, 4) is 0 Å². The Morgan fingerprint density at radius 1 is 1.05 bits per heavy atom. The molecule has 0 spiro atoms. The third kappa shape index (κ3) is 8.17. The van der Waals surface area contributed by atoms with Crippen molar-refractivity contribution in [3.63, 3.8) is 0 Å². The second kappa shape index (κ2) is 10.2. The molecule has 1 unspecified atom stereocenters. The number of carbonyl (C=O) groups is 1. The molecule has 0 aliphatic carbocycles. The van der Waals surface area contributed by atoms with E-state index >= 15 is 0 Å². The minimum absolute atomic E-state index is 0.178. The summed E-state index contributed by atoms with van der Waals surface area (Å²) in [6.45, 7) is 2.13. The molecule has 0 saturated carbocycles. The number of amides is 1. The van der Waals surface area contributed by atoms with Gasteiger partial charge in [-0.3, -0.25) is 0 Å². The number of likely N-dealkylation sites (tertiary alicyclic amines) is 1. The molecule has 0 N–H and O–H groups in total. The van der Waals surface area contributed by atoms with Gasteiger partial charge < -0.3 is 14.5 Å². The summed E-state index contributed by atoms with van der Waals surface area (Å²) in [5, 5.41) is 0. The maximum Gasteiger partial charge on any atom is 0.409 e. The van der Waals surface area contributed by atoms with E-state index in [4.69, 9.17) is 4.74 Å². The molecule has 110 valence electrons. The van der Waals surface area contributed by atoms with Crippen molar-refractivity contribution < 1.29 is 19.0 Å². The highest BCUT2D eigenvalue weighted by atomic mass is 31.1. The zero-order valence-corrected chi connectivity index (χ0v) is 12.4. The maximum atomic E-state index is 11.6. The molecule has 6 heteroatoms. The lowest BCUT2D eigenvalue weighted by Crippen LogP contribution is -2.36. The summed E-state index contributed by atoms with van der Waals surface area (Å²) >= 11 is 0. The van der Waals surface area contributed by atoms with Gasteiger partial charge in [0, 0.05) is 13.1 Å². The first-order chi connectivity index (χ1) is 9.20. The van der Waals surface area contributed by atoms with Crippen LogP contribution in [0.2, 0.25) is 0 Å². The third-order valence-corrected chi connectivity index (χ3v) is 4.01. The maximum absolute atomic E-state index is 11.6. The fourth-order valence-corrected chi connectivity index (χ4v) is 2.68. The van der Waals surface area contributed by atoms with Gasteiger partial charge in [-0.05, 0) is 38.5 Å². The van der Waals surface area contributed by atoms with E-state index in [0.717, 1.165) is 58.0 Å². The lowest BCUT2D eigenvalue weighted by Gasteiger charge is -2.25. The number of rotatable bonds is 8. The first-order valence-electron chi connectivity index (χ1n) is 7.23. The van der Waals surface area contributed by atoms with Gasteiger partial charge in [-0.1, -0.05) is 17.4 Å². The van der Waals surface area contributed by atoms with Gasteiger partial charge in [-0.25, -0.2) is 4.79 Å². The van der Waals surface area contributed by atoms with Gasteiger partial charge in [-0.2, -0.15) is 0 Å². The van der Waals surface area contributed by atoms with Crippen molar-refractivity contribution in [1.29, 1.82) is 0 Å². The molecule has 1 rings (SSSR count). The number of hydrogen-bond acceptors (Lipinski definition) is 4. The fourth-order valence-electron chi connectivity index (χ4n) is 2.20. The summed E-state index contributed by atoms with van der Waals surface area (Å²) in [6.07, 6.45) is 8.01. The van der Waals surface area contributed by atoms with E-state index in [-0.39, 0.29) is 6.09 Å². The molecule has 1 aliphatic rings. The summed E-state index contributed by atoms with van der Waals surface area (Å²) in [5.74, 6) is 0. The standard InChI is InChI=1S/C13H24NO4P/c15-13(14-9-5-4-6-10-14)18-11-7-2-1-3-8-12-19(16)17/h1-12H2. The molecule has 0 aromatic heterocycles. The molecule has 0 bridgehead atoms. The second-order valence-corrected chi connectivity index (χ2v) is 6.10. The number of unbranched alkanes of at least 4 members (excludes halogenated alkanes) is 4. The SMILES string of the molecule is O=C(OCCCCCCC[P+](=O)[O-])N1CCCCC1. The number of hydrogen-bond donors (Lipinski definition) is 0. The lowest BCUT2D eigenvalue weighted by molar-refractivity contribution is -0.164. The van der Waals surface area contributed by atoms with Crippen LogP contribution >= 0.6 is 8.03 Å². The zero-order chi connectivity index (χ0) is 13.9. The highest BCUT2D eigenvalue weighted by Crippen LogP contribution is 2.13. The van der Waals surface area contributed by atoms with Crippen LogP contribution < -0.4 is 4.89 Å². The van der Waals surface area contributed by atoms with Gasteiger partial charge in [0.2, 0.25) is 0 Å². The third-order valence-electron chi connectivity index (χ3n) is 3.32. The van der Waals surface area contributed by atoms with Crippen LogP contribution in [-0.2, 0) is 9.30 Å². The molecule has 5 nitrogen and oxygen atoms in total. The smallest absolute Gasteiger partial charge is 0.409 e. The Hall–Kier alpha value is -0.670. The van der Waals surface area contributed by atoms with Crippen molar-refractivity contribution in [2.75, 3.05) is 25.9 Å². The van der Waals surface area contributed by atoms with Crippen LogP contribution in [0.25, 0.3) is 0 Å². The Morgan fingerprint density at radius 2 is 1.68 bits per heavy atom. The summed E-state index contributed by atoms with van der Waals surface area (Å²) < 4.78 is 15.6. The van der Waals surface area contributed by atoms with Crippen LogP contribution in [-0.4, -0.2) is 36.9 Å². The van der Waals surface area contributed by atoms with Crippen LogP contribution in [0.4, 0.5) is 4.79 Å². The van der Waals surface area contributed by atoms with E-state index in [9.17, 15) is 14.3 Å². The summed E-state index contributed by atoms with van der Waals surface area (Å²) in [6, 6.07) is 0. The largest absolute Gasteiger partial charge is 0.596 e. The van der Waals surface area contributed by atoms with Crippen molar-refractivity contribution in [2.45, 2.75) is 51.4 Å². The number of nitrogens with zero attached hydrogens (tertiary/aromatic N) is 1. The minimum atomic E-state index is -2.22. The first-order valence-corrected chi connectivity index (χ1v) is 8.60. The number of piperidine rings is 1. The Balaban J connectivity index is 1.89. The molecule has 1 heterocycles. The van der Waals surface area contributed by atoms with Gasteiger partial charge >= 0.3 is 14.1 Å². The van der Waals surface area contributed by atoms with E-state index in [1.165, 1.54) is 6.42 Å². The van der Waals surface area contributed by atoms with Crippen LogP contribution in [0.1, 0.15) is 51.4 Å². The Labute approximate surface area is 116 Å². The van der Waals surface area contributed by atoms with Crippen LogP contribution in [0.3, 0.4) is 0 Å². The molecule has 1 aliphatic heterocycles. The molecule has 1 amide bonds. The highest BCUT2D eigenvalue weighted by molar-refractivity contribution is 7.36. The average Bonchev–Trinajstić information content (AvgIpc) is 2.42. The van der Waals surface area contributed by atoms with Gasteiger partial charge in [0.25, 0.3) is 0 Å². The summed E-state index contributed by atoms with van der Waals surface area (Å²) in [4.78, 5) is 23.8. The van der Waals surface area contributed by atoms with Gasteiger partial charge in [-0.15, -0.1) is 0 Å². The van der Waals surface area contributed by atoms with E-state index in [1.54, 1.807) is 4.90 Å². The monoisotopic (exact) mass is 289 g/mol. The average molecular weight is 289 g/mol. The molecule has 0 radical (unpaired) electrons. The summed E-state index contributed by atoms with van der Waals surface area (Å²) in [7, 11) is -2.22. The van der Waals surface area contributed by atoms with Gasteiger partial charge in [0.05, 0.1) is 6.61 Å². The van der Waals surface area contributed by atoms with E-state index in [0.29, 0.717) is 12.8 Å². The molecule has 0 aromatic carbocycles. The van der Waals surface area contributed by atoms with Gasteiger partial charge in [0.1, 0.15) is 6.16 Å². The first kappa shape index (κ1) is 16.4. The van der Waals surface area contributed by atoms with Crippen molar-refractivity contribution in [3.05, 3.63) is 0 Å². The Kier molecular flexibility index (Phi) is 8.76. The quantitative estimate of drug-likeness (QED) is 0.509. The summed E-state index contributed by atoms with van der Waals surface area (Å²) in [5.41, 5.74) is 0. The topological polar surface area (TPSA) is 69.7 Å². The molecular formula is C13H24NO4P. The molecule has 1 saturated heterocycles. The van der Waals surface area contributed by atoms with E-state index < -0.39 is 8.03 Å². The van der Waals surface area contributed by atoms with Crippen molar-refractivity contribution in [2.24, 2.45) is 0 Å². The van der Waals surface area contributed by atoms with Crippen LogP contribution in [0.15, 0.2) is 0 Å². The number of ether oxygens (including phenoxy) is 1. The van der Waals surface area contributed by atoms with Crippen molar-refractivity contribution in [1.82, 2.24) is 4.90 Å². The molecule has 19 heavy (non-hydrogen) atoms.